The summed E-state index contributed by atoms with van der Waals surface area (Å²) in [5.41, 5.74) is 12.0. The lowest BCUT2D eigenvalue weighted by Gasteiger charge is -2.10. The number of benzene rings is 1. The highest BCUT2D eigenvalue weighted by Crippen LogP contribution is 2.38. The molecule has 0 amide bonds. The van der Waals surface area contributed by atoms with Crippen LogP contribution in [0.25, 0.3) is 11.3 Å². The van der Waals surface area contributed by atoms with Crippen molar-refractivity contribution in [1.29, 1.82) is 5.26 Å². The van der Waals surface area contributed by atoms with Crippen LogP contribution in [-0.4, -0.2) is 22.8 Å². The lowest BCUT2D eigenvalue weighted by atomic mass is 9.96. The Hall–Kier alpha value is -3.98. The molecule has 1 aromatic carbocycles. The molecule has 3 heterocycles. The van der Waals surface area contributed by atoms with Crippen molar-refractivity contribution in [3.05, 3.63) is 83.3 Å². The minimum absolute atomic E-state index is 0.346. The van der Waals surface area contributed by atoms with Gasteiger partial charge in [-0.3, -0.25) is 9.98 Å². The highest BCUT2D eigenvalue weighted by molar-refractivity contribution is 6.17. The van der Waals surface area contributed by atoms with Crippen molar-refractivity contribution in [3.8, 4) is 11.8 Å². The zero-order valence-electron chi connectivity index (χ0n) is 15.3. The van der Waals surface area contributed by atoms with E-state index in [9.17, 15) is 5.26 Å². The number of methoxy groups -OCH3 is 1. The molecule has 0 spiro atoms. The Morgan fingerprint density at radius 1 is 1.07 bits per heavy atom. The van der Waals surface area contributed by atoms with Gasteiger partial charge >= 0.3 is 0 Å². The molecule has 28 heavy (non-hydrogen) atoms. The van der Waals surface area contributed by atoms with E-state index in [1.807, 2.05) is 36.4 Å². The summed E-state index contributed by atoms with van der Waals surface area (Å²) in [6, 6.07) is 15.4. The Bertz CT molecular complexity index is 1140. The van der Waals surface area contributed by atoms with Gasteiger partial charge in [-0.25, -0.2) is 4.98 Å². The van der Waals surface area contributed by atoms with Gasteiger partial charge in [-0.15, -0.1) is 0 Å². The van der Waals surface area contributed by atoms with Gasteiger partial charge in [-0.05, 0) is 41.5 Å². The Labute approximate surface area is 162 Å². The number of anilines is 1. The molecule has 0 saturated carbocycles. The second-order valence-corrected chi connectivity index (χ2v) is 6.30. The maximum absolute atomic E-state index is 9.21. The molecule has 0 aliphatic carbocycles. The van der Waals surface area contributed by atoms with Crippen LogP contribution in [-0.2, 0) is 0 Å². The third-order valence-electron chi connectivity index (χ3n) is 4.61. The summed E-state index contributed by atoms with van der Waals surface area (Å²) >= 11 is 0. The molecule has 0 bridgehead atoms. The minimum atomic E-state index is 0.346. The number of nitrogens with two attached hydrogens (primary N) is 1. The largest absolute Gasteiger partial charge is 0.493 e. The highest BCUT2D eigenvalue weighted by Gasteiger charge is 2.23. The number of hydrogen-bond acceptors (Lipinski definition) is 6. The first-order valence-electron chi connectivity index (χ1n) is 8.71. The Balaban J connectivity index is 1.83. The van der Waals surface area contributed by atoms with Crippen LogP contribution >= 0.6 is 0 Å². The lowest BCUT2D eigenvalue weighted by molar-refractivity contribution is 0.415. The van der Waals surface area contributed by atoms with Crippen LogP contribution in [0.5, 0.6) is 5.75 Å². The van der Waals surface area contributed by atoms with Crippen molar-refractivity contribution in [2.75, 3.05) is 12.8 Å². The molecule has 3 aromatic rings. The van der Waals surface area contributed by atoms with E-state index >= 15 is 0 Å². The SMILES string of the molecule is COc1cc(C2=C(c3ccncc3)N=C(c3cccc(C#N)c3)C2)cnc1N. The number of nitriles is 1. The maximum Gasteiger partial charge on any atom is 0.166 e. The van der Waals surface area contributed by atoms with Gasteiger partial charge in [0.25, 0.3) is 0 Å². The van der Waals surface area contributed by atoms with Gasteiger partial charge in [-0.2, -0.15) is 5.26 Å². The van der Waals surface area contributed by atoms with Gasteiger partial charge in [-0.1, -0.05) is 12.1 Å². The number of rotatable bonds is 4. The summed E-state index contributed by atoms with van der Waals surface area (Å²) < 4.78 is 5.33. The molecule has 0 fully saturated rings. The molecule has 1 aliphatic rings. The van der Waals surface area contributed by atoms with E-state index in [0.29, 0.717) is 23.6 Å². The molecule has 136 valence electrons. The van der Waals surface area contributed by atoms with E-state index < -0.39 is 0 Å². The van der Waals surface area contributed by atoms with Gasteiger partial charge in [0.15, 0.2) is 11.6 Å². The molecule has 1 aliphatic heterocycles. The monoisotopic (exact) mass is 367 g/mol. The first-order valence-corrected chi connectivity index (χ1v) is 8.71. The van der Waals surface area contributed by atoms with Crippen molar-refractivity contribution < 1.29 is 4.74 Å². The average molecular weight is 367 g/mol. The summed E-state index contributed by atoms with van der Waals surface area (Å²) in [6.45, 7) is 0. The van der Waals surface area contributed by atoms with E-state index in [1.54, 1.807) is 31.8 Å². The lowest BCUT2D eigenvalue weighted by Crippen LogP contribution is -2.00. The molecule has 4 rings (SSSR count). The molecule has 0 radical (unpaired) electrons. The quantitative estimate of drug-likeness (QED) is 0.758. The van der Waals surface area contributed by atoms with Gasteiger partial charge < -0.3 is 10.5 Å². The van der Waals surface area contributed by atoms with Crippen molar-refractivity contribution in [2.24, 2.45) is 4.99 Å². The smallest absolute Gasteiger partial charge is 0.166 e. The predicted octanol–water partition coefficient (Wildman–Crippen LogP) is 3.70. The van der Waals surface area contributed by atoms with Crippen molar-refractivity contribution >= 4 is 22.8 Å². The highest BCUT2D eigenvalue weighted by atomic mass is 16.5. The van der Waals surface area contributed by atoms with Gasteiger partial charge in [0.1, 0.15) is 0 Å². The number of pyridine rings is 2. The number of allylic oxidation sites excluding steroid dienone is 1. The number of nitrogen functional groups attached to an aromatic ring is 1. The van der Waals surface area contributed by atoms with Crippen LogP contribution in [0.3, 0.4) is 0 Å². The van der Waals surface area contributed by atoms with E-state index in [1.165, 1.54) is 0 Å². The van der Waals surface area contributed by atoms with Crippen molar-refractivity contribution in [3.63, 3.8) is 0 Å². The fourth-order valence-corrected chi connectivity index (χ4v) is 3.20. The number of aromatic nitrogens is 2. The zero-order chi connectivity index (χ0) is 19.5. The molecule has 2 aromatic heterocycles. The van der Waals surface area contributed by atoms with Crippen LogP contribution in [0.4, 0.5) is 5.82 Å². The number of nitrogens with zero attached hydrogens (tertiary/aromatic N) is 4. The van der Waals surface area contributed by atoms with Gasteiger partial charge in [0.2, 0.25) is 0 Å². The zero-order valence-corrected chi connectivity index (χ0v) is 15.3. The van der Waals surface area contributed by atoms with E-state index in [2.05, 4.69) is 16.0 Å². The van der Waals surface area contributed by atoms with Gasteiger partial charge in [0.05, 0.1) is 30.2 Å². The number of aliphatic imine (C=N–C) groups is 1. The second kappa shape index (κ2) is 7.33. The molecule has 6 heteroatoms. The fraction of sp³-hybridized carbons (Fsp3) is 0.0909. The summed E-state index contributed by atoms with van der Waals surface area (Å²) in [4.78, 5) is 13.3. The molecular formula is C22H17N5O. The first kappa shape index (κ1) is 17.4. The minimum Gasteiger partial charge on any atom is -0.493 e. The third kappa shape index (κ3) is 3.21. The summed E-state index contributed by atoms with van der Waals surface area (Å²) in [7, 11) is 1.57. The number of ether oxygens (including phenoxy) is 1. The van der Waals surface area contributed by atoms with Crippen LogP contribution in [0.2, 0.25) is 0 Å². The summed E-state index contributed by atoms with van der Waals surface area (Å²) in [5, 5.41) is 9.21. The molecule has 6 nitrogen and oxygen atoms in total. The normalized spacial score (nSPS) is 13.2. The van der Waals surface area contributed by atoms with Crippen molar-refractivity contribution in [2.45, 2.75) is 6.42 Å². The fourth-order valence-electron chi connectivity index (χ4n) is 3.20. The third-order valence-corrected chi connectivity index (χ3v) is 4.61. The van der Waals surface area contributed by atoms with Crippen LogP contribution in [0.1, 0.15) is 28.7 Å². The predicted molar refractivity (Wildman–Crippen MR) is 109 cm³/mol. The first-order chi connectivity index (χ1) is 13.7. The maximum atomic E-state index is 9.21. The van der Waals surface area contributed by atoms with Crippen molar-refractivity contribution in [1.82, 2.24) is 9.97 Å². The van der Waals surface area contributed by atoms with E-state index in [4.69, 9.17) is 15.5 Å². The second-order valence-electron chi connectivity index (χ2n) is 6.30. The van der Waals surface area contributed by atoms with E-state index in [-0.39, 0.29) is 0 Å². The Kier molecular flexibility index (Phi) is 4.56. The topological polar surface area (TPSA) is 97.2 Å². The molecule has 0 unspecified atom stereocenters. The molecule has 0 saturated heterocycles. The number of hydrogen-bond donors (Lipinski definition) is 1. The molecule has 2 N–H and O–H groups in total. The summed E-state index contributed by atoms with van der Waals surface area (Å²) in [6.07, 6.45) is 5.83. The van der Waals surface area contributed by atoms with Crippen LogP contribution in [0.15, 0.2) is 66.0 Å². The standard InChI is InChI=1S/C22H17N5O/c1-28-20-10-17(13-26-22(20)24)18-11-19(16-4-2-3-14(9-16)12-23)27-21(18)15-5-7-25-8-6-15/h2-10,13H,11H2,1H3,(H2,24,26). The summed E-state index contributed by atoms with van der Waals surface area (Å²) in [5.74, 6) is 0.872. The van der Waals surface area contributed by atoms with Crippen LogP contribution in [0, 0.1) is 11.3 Å². The average Bonchev–Trinajstić information content (AvgIpc) is 3.20. The Morgan fingerprint density at radius 3 is 2.64 bits per heavy atom. The van der Waals surface area contributed by atoms with Crippen LogP contribution < -0.4 is 10.5 Å². The van der Waals surface area contributed by atoms with E-state index in [0.717, 1.165) is 33.7 Å². The Morgan fingerprint density at radius 2 is 1.89 bits per heavy atom. The molecular weight excluding hydrogens is 350 g/mol. The van der Waals surface area contributed by atoms with Gasteiger partial charge in [0, 0.05) is 36.1 Å². The molecule has 0 atom stereocenters.